The van der Waals surface area contributed by atoms with Gasteiger partial charge in [-0.15, -0.1) is 0 Å². The summed E-state index contributed by atoms with van der Waals surface area (Å²) in [7, 11) is 0. The zero-order valence-electron chi connectivity index (χ0n) is 9.99. The molecule has 1 amide bonds. The zero-order valence-corrected chi connectivity index (χ0v) is 9.99. The normalized spacial score (nSPS) is 23.6. The van der Waals surface area contributed by atoms with E-state index >= 15 is 0 Å². The minimum Gasteiger partial charge on any atom is -0.508 e. The molecule has 0 radical (unpaired) electrons. The molecule has 0 bridgehead atoms. The third-order valence-corrected chi connectivity index (χ3v) is 3.53. The van der Waals surface area contributed by atoms with Crippen molar-refractivity contribution in [1.29, 1.82) is 0 Å². The van der Waals surface area contributed by atoms with Crippen molar-refractivity contribution in [1.82, 2.24) is 5.32 Å². The molecular formula is C13H18N2O2. The number of phenols is 1. The van der Waals surface area contributed by atoms with Gasteiger partial charge in [-0.2, -0.15) is 0 Å². The lowest BCUT2D eigenvalue weighted by Gasteiger charge is -2.25. The van der Waals surface area contributed by atoms with Crippen LogP contribution in [0.5, 0.6) is 5.75 Å². The quantitative estimate of drug-likeness (QED) is 0.698. The summed E-state index contributed by atoms with van der Waals surface area (Å²) in [6.07, 6.45) is 1.72. The van der Waals surface area contributed by atoms with Crippen molar-refractivity contribution in [3.05, 3.63) is 24.3 Å². The number of nitrogens with one attached hydrogen (secondary N) is 2. The van der Waals surface area contributed by atoms with Crippen LogP contribution >= 0.6 is 0 Å². The molecule has 1 saturated heterocycles. The molecule has 1 atom stereocenters. The Morgan fingerprint density at radius 1 is 1.47 bits per heavy atom. The monoisotopic (exact) mass is 234 g/mol. The van der Waals surface area contributed by atoms with Crippen LogP contribution < -0.4 is 10.6 Å². The number of hydrogen-bond acceptors (Lipinski definition) is 3. The third-order valence-electron chi connectivity index (χ3n) is 3.53. The Kier molecular flexibility index (Phi) is 3.33. The van der Waals surface area contributed by atoms with Crippen molar-refractivity contribution in [3.8, 4) is 5.75 Å². The van der Waals surface area contributed by atoms with Gasteiger partial charge in [-0.25, -0.2) is 0 Å². The molecule has 0 aromatic heterocycles. The first-order valence-corrected chi connectivity index (χ1v) is 5.97. The number of carbonyl (C=O) groups excluding carboxylic acids is 1. The summed E-state index contributed by atoms with van der Waals surface area (Å²) < 4.78 is 0. The molecule has 0 aliphatic carbocycles. The van der Waals surface area contributed by atoms with Gasteiger partial charge in [0.15, 0.2) is 0 Å². The van der Waals surface area contributed by atoms with Crippen molar-refractivity contribution in [3.63, 3.8) is 0 Å². The number of aromatic hydroxyl groups is 1. The number of amides is 1. The molecule has 0 saturated carbocycles. The SMILES string of the molecule is CCC1(C(=O)Nc2ccc(O)cc2)CCNC1. The van der Waals surface area contributed by atoms with Crippen LogP contribution in [0.3, 0.4) is 0 Å². The molecule has 92 valence electrons. The fourth-order valence-electron chi connectivity index (χ4n) is 2.21. The van der Waals surface area contributed by atoms with Gasteiger partial charge in [0.05, 0.1) is 5.41 Å². The van der Waals surface area contributed by atoms with Crippen LogP contribution in [-0.2, 0) is 4.79 Å². The zero-order chi connectivity index (χ0) is 12.3. The fraction of sp³-hybridized carbons (Fsp3) is 0.462. The first-order chi connectivity index (χ1) is 8.16. The van der Waals surface area contributed by atoms with Gasteiger partial charge >= 0.3 is 0 Å². The molecule has 1 fully saturated rings. The molecule has 1 unspecified atom stereocenters. The number of rotatable bonds is 3. The highest BCUT2D eigenvalue weighted by atomic mass is 16.3. The van der Waals surface area contributed by atoms with Gasteiger partial charge in [0.2, 0.25) is 5.91 Å². The topological polar surface area (TPSA) is 61.4 Å². The second-order valence-corrected chi connectivity index (χ2v) is 4.56. The number of carbonyl (C=O) groups is 1. The van der Waals surface area contributed by atoms with Crippen molar-refractivity contribution < 1.29 is 9.90 Å². The molecule has 1 heterocycles. The van der Waals surface area contributed by atoms with Gasteiger partial charge in [-0.05, 0) is 43.7 Å². The minimum absolute atomic E-state index is 0.0655. The van der Waals surface area contributed by atoms with Crippen molar-refractivity contribution in [2.24, 2.45) is 5.41 Å². The summed E-state index contributed by atoms with van der Waals surface area (Å²) in [4.78, 5) is 12.2. The number of hydrogen-bond donors (Lipinski definition) is 3. The average molecular weight is 234 g/mol. The minimum atomic E-state index is -0.280. The Morgan fingerprint density at radius 2 is 2.18 bits per heavy atom. The highest BCUT2D eigenvalue weighted by molar-refractivity contribution is 5.95. The summed E-state index contributed by atoms with van der Waals surface area (Å²) in [6.45, 7) is 3.69. The van der Waals surface area contributed by atoms with E-state index in [1.165, 1.54) is 0 Å². The number of benzene rings is 1. The molecule has 2 rings (SSSR count). The van der Waals surface area contributed by atoms with Gasteiger partial charge in [0, 0.05) is 12.2 Å². The summed E-state index contributed by atoms with van der Waals surface area (Å²) in [5.74, 6) is 0.270. The van der Waals surface area contributed by atoms with Gasteiger partial charge in [0.25, 0.3) is 0 Å². The number of phenolic OH excluding ortho intramolecular Hbond substituents is 1. The molecule has 17 heavy (non-hydrogen) atoms. The lowest BCUT2D eigenvalue weighted by atomic mass is 9.83. The molecule has 1 aliphatic rings. The molecular weight excluding hydrogens is 216 g/mol. The Labute approximate surface area is 101 Å². The van der Waals surface area contributed by atoms with Gasteiger partial charge < -0.3 is 15.7 Å². The van der Waals surface area contributed by atoms with E-state index in [1.807, 2.05) is 6.92 Å². The molecule has 1 aliphatic heterocycles. The van der Waals surface area contributed by atoms with Gasteiger partial charge in [-0.1, -0.05) is 6.92 Å². The first kappa shape index (κ1) is 11.9. The van der Waals surface area contributed by atoms with E-state index in [0.717, 1.165) is 31.6 Å². The summed E-state index contributed by atoms with van der Waals surface area (Å²) in [5.41, 5.74) is 0.449. The fourth-order valence-corrected chi connectivity index (χ4v) is 2.21. The van der Waals surface area contributed by atoms with Crippen LogP contribution in [0.2, 0.25) is 0 Å². The van der Waals surface area contributed by atoms with Crippen LogP contribution in [0.25, 0.3) is 0 Å². The summed E-state index contributed by atoms with van der Waals surface area (Å²) >= 11 is 0. The lowest BCUT2D eigenvalue weighted by molar-refractivity contribution is -0.124. The maximum absolute atomic E-state index is 12.2. The second-order valence-electron chi connectivity index (χ2n) is 4.56. The second kappa shape index (κ2) is 4.75. The molecule has 3 N–H and O–H groups in total. The average Bonchev–Trinajstić information content (AvgIpc) is 2.82. The number of anilines is 1. The standard InChI is InChI=1S/C13H18N2O2/c1-2-13(7-8-14-9-13)12(17)15-10-3-5-11(16)6-4-10/h3-6,14,16H,2,7-9H2,1H3,(H,15,17). The van der Waals surface area contributed by atoms with Crippen LogP contribution in [0.4, 0.5) is 5.69 Å². The largest absolute Gasteiger partial charge is 0.508 e. The van der Waals surface area contributed by atoms with E-state index in [4.69, 9.17) is 0 Å². The molecule has 0 spiro atoms. The van der Waals surface area contributed by atoms with Crippen LogP contribution in [-0.4, -0.2) is 24.1 Å². The smallest absolute Gasteiger partial charge is 0.231 e. The Balaban J connectivity index is 2.08. The maximum atomic E-state index is 12.2. The maximum Gasteiger partial charge on any atom is 0.231 e. The molecule has 4 nitrogen and oxygen atoms in total. The Bertz CT molecular complexity index is 394. The van der Waals surface area contributed by atoms with E-state index in [2.05, 4.69) is 10.6 Å². The van der Waals surface area contributed by atoms with Crippen LogP contribution in [0.15, 0.2) is 24.3 Å². The van der Waals surface area contributed by atoms with Gasteiger partial charge in [0.1, 0.15) is 5.75 Å². The Morgan fingerprint density at radius 3 is 2.71 bits per heavy atom. The van der Waals surface area contributed by atoms with Crippen molar-refractivity contribution >= 4 is 11.6 Å². The third kappa shape index (κ3) is 2.42. The van der Waals surface area contributed by atoms with E-state index in [-0.39, 0.29) is 17.1 Å². The van der Waals surface area contributed by atoms with E-state index in [1.54, 1.807) is 24.3 Å². The summed E-state index contributed by atoms with van der Waals surface area (Å²) in [6, 6.07) is 6.56. The van der Waals surface area contributed by atoms with Gasteiger partial charge in [-0.3, -0.25) is 4.79 Å². The van der Waals surface area contributed by atoms with Crippen LogP contribution in [0.1, 0.15) is 19.8 Å². The molecule has 1 aromatic rings. The van der Waals surface area contributed by atoms with E-state index in [9.17, 15) is 9.90 Å². The van der Waals surface area contributed by atoms with Crippen molar-refractivity contribution in [2.75, 3.05) is 18.4 Å². The Hall–Kier alpha value is -1.55. The highest BCUT2D eigenvalue weighted by Crippen LogP contribution is 2.31. The summed E-state index contributed by atoms with van der Waals surface area (Å²) in [5, 5.41) is 15.3. The van der Waals surface area contributed by atoms with E-state index in [0.29, 0.717) is 0 Å². The first-order valence-electron chi connectivity index (χ1n) is 5.97. The molecule has 4 heteroatoms. The highest BCUT2D eigenvalue weighted by Gasteiger charge is 2.39. The van der Waals surface area contributed by atoms with Crippen LogP contribution in [0, 0.1) is 5.41 Å². The molecule has 1 aromatic carbocycles. The predicted octanol–water partition coefficient (Wildman–Crippen LogP) is 1.72. The van der Waals surface area contributed by atoms with E-state index < -0.39 is 0 Å². The van der Waals surface area contributed by atoms with Crippen molar-refractivity contribution in [2.45, 2.75) is 19.8 Å². The lowest BCUT2D eigenvalue weighted by Crippen LogP contribution is -2.37. The predicted molar refractivity (Wildman–Crippen MR) is 66.9 cm³/mol.